The Morgan fingerprint density at radius 2 is 1.90 bits per heavy atom. The number of nitrogens with one attached hydrogen (secondary N) is 2. The van der Waals surface area contributed by atoms with E-state index in [-0.39, 0.29) is 0 Å². The Hall–Kier alpha value is -2.17. The van der Waals surface area contributed by atoms with Gasteiger partial charge in [0.25, 0.3) is 0 Å². The van der Waals surface area contributed by atoms with Crippen LogP contribution < -0.4 is 10.6 Å². The van der Waals surface area contributed by atoms with Crippen molar-refractivity contribution in [2.75, 3.05) is 23.7 Å². The normalized spacial score (nSPS) is 15.0. The lowest BCUT2D eigenvalue weighted by Crippen LogP contribution is -2.15. The molecule has 5 heteroatoms. The summed E-state index contributed by atoms with van der Waals surface area (Å²) in [5, 5.41) is 6.58. The van der Waals surface area contributed by atoms with E-state index in [1.54, 1.807) is 6.20 Å². The van der Waals surface area contributed by atoms with Crippen LogP contribution in [0.25, 0.3) is 0 Å². The van der Waals surface area contributed by atoms with Crippen LogP contribution in [0.5, 0.6) is 0 Å². The highest BCUT2D eigenvalue weighted by Crippen LogP contribution is 2.32. The van der Waals surface area contributed by atoms with Crippen molar-refractivity contribution < 1.29 is 0 Å². The summed E-state index contributed by atoms with van der Waals surface area (Å²) >= 11 is 0. The zero-order valence-electron chi connectivity index (χ0n) is 12.1. The van der Waals surface area contributed by atoms with E-state index in [9.17, 15) is 0 Å². The Balaban J connectivity index is 1.48. The second-order valence-corrected chi connectivity index (χ2v) is 5.38. The molecule has 1 aliphatic rings. The van der Waals surface area contributed by atoms with Crippen molar-refractivity contribution in [1.82, 2.24) is 15.0 Å². The zero-order valence-corrected chi connectivity index (χ0v) is 12.1. The van der Waals surface area contributed by atoms with Gasteiger partial charge in [-0.25, -0.2) is 9.97 Å². The lowest BCUT2D eigenvalue weighted by molar-refractivity contribution is 0.694. The van der Waals surface area contributed by atoms with Crippen LogP contribution in [0.15, 0.2) is 36.8 Å². The van der Waals surface area contributed by atoms with Crippen LogP contribution >= 0.6 is 0 Å². The molecule has 2 N–H and O–H groups in total. The second kappa shape index (κ2) is 7.02. The molecule has 1 aliphatic carbocycles. The van der Waals surface area contributed by atoms with E-state index in [0.717, 1.165) is 24.7 Å². The molecule has 0 saturated heterocycles. The molecule has 1 fully saturated rings. The van der Waals surface area contributed by atoms with Gasteiger partial charge >= 0.3 is 0 Å². The molecular formula is C16H21N5. The number of anilines is 2. The van der Waals surface area contributed by atoms with Gasteiger partial charge in [-0.15, -0.1) is 0 Å². The number of pyridine rings is 1. The van der Waals surface area contributed by atoms with Crippen LogP contribution in [0.1, 0.15) is 37.3 Å². The van der Waals surface area contributed by atoms with Crippen LogP contribution in [0.2, 0.25) is 0 Å². The molecule has 3 rings (SSSR count). The highest BCUT2D eigenvalue weighted by molar-refractivity contribution is 5.40. The number of aromatic nitrogens is 3. The van der Waals surface area contributed by atoms with E-state index in [2.05, 4.69) is 31.7 Å². The summed E-state index contributed by atoms with van der Waals surface area (Å²) in [6, 6.07) is 5.98. The van der Waals surface area contributed by atoms with Crippen LogP contribution in [0.4, 0.5) is 11.6 Å². The minimum Gasteiger partial charge on any atom is -0.382 e. The standard InChI is InChI=1S/C16H21N5/c1-2-5-13(4-1)15-7-9-19-16(21-15)20-11-10-18-14-6-3-8-17-12-14/h3,6-9,12-13,18H,1-2,4-5,10-11H2,(H,19,20,21). The summed E-state index contributed by atoms with van der Waals surface area (Å²) in [5.74, 6) is 1.36. The highest BCUT2D eigenvalue weighted by Gasteiger charge is 2.18. The topological polar surface area (TPSA) is 62.7 Å². The minimum absolute atomic E-state index is 0.627. The third-order valence-corrected chi connectivity index (χ3v) is 3.85. The molecule has 0 spiro atoms. The van der Waals surface area contributed by atoms with Gasteiger partial charge in [0.1, 0.15) is 0 Å². The predicted molar refractivity (Wildman–Crippen MR) is 84.5 cm³/mol. The van der Waals surface area contributed by atoms with E-state index < -0.39 is 0 Å². The Bertz CT molecular complexity index is 552. The average molecular weight is 283 g/mol. The summed E-state index contributed by atoms with van der Waals surface area (Å²) < 4.78 is 0. The van der Waals surface area contributed by atoms with Gasteiger partial charge in [0.05, 0.1) is 5.69 Å². The third kappa shape index (κ3) is 3.90. The molecule has 110 valence electrons. The lowest BCUT2D eigenvalue weighted by atomic mass is 10.0. The Kier molecular flexibility index (Phi) is 4.61. The van der Waals surface area contributed by atoms with Crippen LogP contribution in [0, 0.1) is 0 Å². The Morgan fingerprint density at radius 1 is 1.05 bits per heavy atom. The molecular weight excluding hydrogens is 262 g/mol. The van der Waals surface area contributed by atoms with Gasteiger partial charge in [-0.05, 0) is 31.0 Å². The van der Waals surface area contributed by atoms with Gasteiger partial charge in [-0.3, -0.25) is 4.98 Å². The molecule has 0 radical (unpaired) electrons. The van der Waals surface area contributed by atoms with Gasteiger partial charge < -0.3 is 10.6 Å². The largest absolute Gasteiger partial charge is 0.382 e. The van der Waals surface area contributed by atoms with Crippen molar-refractivity contribution >= 4 is 11.6 Å². The number of hydrogen-bond acceptors (Lipinski definition) is 5. The minimum atomic E-state index is 0.627. The van der Waals surface area contributed by atoms with E-state index >= 15 is 0 Å². The van der Waals surface area contributed by atoms with E-state index in [1.165, 1.54) is 31.4 Å². The SMILES string of the molecule is c1cncc(NCCNc2nccc(C3CCCC3)n2)c1. The Morgan fingerprint density at radius 3 is 2.71 bits per heavy atom. The zero-order chi connectivity index (χ0) is 14.3. The van der Waals surface area contributed by atoms with Crippen LogP contribution in [-0.2, 0) is 0 Å². The summed E-state index contributed by atoms with van der Waals surface area (Å²) in [6.07, 6.45) is 10.6. The first kappa shape index (κ1) is 13.8. The van der Waals surface area contributed by atoms with Gasteiger partial charge in [0, 0.05) is 43.3 Å². The maximum atomic E-state index is 4.64. The molecule has 1 saturated carbocycles. The predicted octanol–water partition coefficient (Wildman–Crippen LogP) is 3.05. The highest BCUT2D eigenvalue weighted by atomic mass is 15.1. The monoisotopic (exact) mass is 283 g/mol. The average Bonchev–Trinajstić information content (AvgIpc) is 3.07. The van der Waals surface area contributed by atoms with Crippen LogP contribution in [0.3, 0.4) is 0 Å². The maximum Gasteiger partial charge on any atom is 0.222 e. The molecule has 0 amide bonds. The third-order valence-electron chi connectivity index (χ3n) is 3.85. The molecule has 0 unspecified atom stereocenters. The molecule has 2 heterocycles. The Labute approximate surface area is 125 Å². The number of nitrogens with zero attached hydrogens (tertiary/aromatic N) is 3. The van der Waals surface area contributed by atoms with Crippen molar-refractivity contribution in [3.05, 3.63) is 42.5 Å². The first-order chi connectivity index (χ1) is 10.4. The van der Waals surface area contributed by atoms with E-state index in [0.29, 0.717) is 5.92 Å². The summed E-state index contributed by atoms with van der Waals surface area (Å²) in [6.45, 7) is 1.59. The smallest absolute Gasteiger partial charge is 0.222 e. The van der Waals surface area contributed by atoms with Crippen molar-refractivity contribution in [2.45, 2.75) is 31.6 Å². The van der Waals surface area contributed by atoms with Gasteiger partial charge in [0.15, 0.2) is 0 Å². The first-order valence-corrected chi connectivity index (χ1v) is 7.62. The summed E-state index contributed by atoms with van der Waals surface area (Å²) in [5.41, 5.74) is 2.21. The fourth-order valence-corrected chi connectivity index (χ4v) is 2.76. The quantitative estimate of drug-likeness (QED) is 0.798. The van der Waals surface area contributed by atoms with E-state index in [4.69, 9.17) is 0 Å². The molecule has 2 aromatic heterocycles. The molecule has 21 heavy (non-hydrogen) atoms. The van der Waals surface area contributed by atoms with Gasteiger partial charge in [-0.2, -0.15) is 0 Å². The maximum absolute atomic E-state index is 4.64. The number of hydrogen-bond donors (Lipinski definition) is 2. The lowest BCUT2D eigenvalue weighted by Gasteiger charge is -2.11. The van der Waals surface area contributed by atoms with Gasteiger partial charge in [-0.1, -0.05) is 12.8 Å². The molecule has 0 atom stereocenters. The fourth-order valence-electron chi connectivity index (χ4n) is 2.76. The molecule has 0 aromatic carbocycles. The van der Waals surface area contributed by atoms with Crippen LogP contribution in [-0.4, -0.2) is 28.0 Å². The van der Waals surface area contributed by atoms with E-state index in [1.807, 2.05) is 24.5 Å². The second-order valence-electron chi connectivity index (χ2n) is 5.38. The summed E-state index contributed by atoms with van der Waals surface area (Å²) in [4.78, 5) is 13.0. The first-order valence-electron chi connectivity index (χ1n) is 7.62. The fraction of sp³-hybridized carbons (Fsp3) is 0.438. The van der Waals surface area contributed by atoms with Crippen molar-refractivity contribution in [3.8, 4) is 0 Å². The van der Waals surface area contributed by atoms with Crippen molar-refractivity contribution in [2.24, 2.45) is 0 Å². The van der Waals surface area contributed by atoms with Gasteiger partial charge in [0.2, 0.25) is 5.95 Å². The number of rotatable bonds is 6. The molecule has 0 aliphatic heterocycles. The van der Waals surface area contributed by atoms with Crippen molar-refractivity contribution in [3.63, 3.8) is 0 Å². The summed E-state index contributed by atoms with van der Waals surface area (Å²) in [7, 11) is 0. The molecule has 5 nitrogen and oxygen atoms in total. The van der Waals surface area contributed by atoms with Crippen molar-refractivity contribution in [1.29, 1.82) is 0 Å². The molecule has 2 aromatic rings. The molecule has 0 bridgehead atoms.